The van der Waals surface area contributed by atoms with E-state index in [1.807, 2.05) is 13.8 Å². The molecule has 2 fully saturated rings. The lowest BCUT2D eigenvalue weighted by Gasteiger charge is -2.31. The third-order valence-electron chi connectivity index (χ3n) is 4.47. The summed E-state index contributed by atoms with van der Waals surface area (Å²) < 4.78 is 44.8. The molecular formula is C16H27B2N3O8P-. The van der Waals surface area contributed by atoms with E-state index in [0.29, 0.717) is 6.42 Å². The molecule has 0 bridgehead atoms. The quantitative estimate of drug-likeness (QED) is 0.151. The Bertz CT molecular complexity index is 654. The van der Waals surface area contributed by atoms with Gasteiger partial charge >= 0.3 is 0 Å². The Morgan fingerprint density at radius 3 is 2.50 bits per heavy atom. The molecule has 2 saturated heterocycles. The first-order chi connectivity index (χ1) is 14.0. The van der Waals surface area contributed by atoms with Gasteiger partial charge in [0, 0.05) is 16.9 Å². The Morgan fingerprint density at radius 2 is 1.90 bits per heavy atom. The van der Waals surface area contributed by atoms with E-state index in [1.54, 1.807) is 13.8 Å². The lowest BCUT2D eigenvalue weighted by atomic mass is 9.91. The molecule has 0 aliphatic carbocycles. The largest absolute Gasteiger partial charge is 0.756 e. The molecule has 0 N–H and O–H groups in total. The molecule has 8 unspecified atom stereocenters. The summed E-state index contributed by atoms with van der Waals surface area (Å²) in [4.78, 5) is 15.2. The molecule has 2 aliphatic heterocycles. The van der Waals surface area contributed by atoms with Crippen LogP contribution in [0.25, 0.3) is 10.4 Å². The van der Waals surface area contributed by atoms with Crippen LogP contribution in [-0.4, -0.2) is 83.6 Å². The minimum Gasteiger partial charge on any atom is -0.756 e. The van der Waals surface area contributed by atoms with Crippen LogP contribution >= 0.6 is 7.82 Å². The normalized spacial score (nSPS) is 36.2. The molecule has 4 radical (unpaired) electrons. The topological polar surface area (TPSA) is 144 Å². The van der Waals surface area contributed by atoms with E-state index in [2.05, 4.69) is 10.0 Å². The van der Waals surface area contributed by atoms with Crippen LogP contribution in [0.3, 0.4) is 0 Å². The zero-order valence-corrected chi connectivity index (χ0v) is 18.4. The highest BCUT2D eigenvalue weighted by Crippen LogP contribution is 2.44. The minimum atomic E-state index is -4.85. The fourth-order valence-corrected chi connectivity index (χ4v) is 4.19. The highest BCUT2D eigenvalue weighted by Gasteiger charge is 2.45. The van der Waals surface area contributed by atoms with Crippen molar-refractivity contribution in [1.82, 2.24) is 0 Å². The standard InChI is InChI=1S/C16H28B2N3O8P/c1-8(2)24-6-12-15(14(20-21-19)16(18)28-12)29-30(22,23)25-7-11-10(26-9(3)4)5-13(17)27-11/h8-16H,5-7H2,1-4H3,(H,22,23)/p-1. The number of phosphoric ester groups is 1. The fraction of sp³-hybridized carbons (Fsp3) is 1.00. The second-order valence-corrected chi connectivity index (χ2v) is 9.07. The Kier molecular flexibility index (Phi) is 9.67. The summed E-state index contributed by atoms with van der Waals surface area (Å²) in [5.41, 5.74) is 8.78. The minimum absolute atomic E-state index is 0.00161. The molecule has 0 amide bonds. The van der Waals surface area contributed by atoms with Crippen LogP contribution in [0.15, 0.2) is 5.11 Å². The van der Waals surface area contributed by atoms with Crippen molar-refractivity contribution >= 4 is 23.5 Å². The van der Waals surface area contributed by atoms with Gasteiger partial charge in [-0.3, -0.25) is 4.57 Å². The Labute approximate surface area is 179 Å². The lowest BCUT2D eigenvalue weighted by molar-refractivity contribution is -0.234. The Morgan fingerprint density at radius 1 is 1.20 bits per heavy atom. The third-order valence-corrected chi connectivity index (χ3v) is 5.44. The van der Waals surface area contributed by atoms with E-state index in [4.69, 9.17) is 49.2 Å². The van der Waals surface area contributed by atoms with Crippen molar-refractivity contribution in [3.8, 4) is 0 Å². The summed E-state index contributed by atoms with van der Waals surface area (Å²) in [5.74, 6) is 0. The predicted molar refractivity (Wildman–Crippen MR) is 106 cm³/mol. The first-order valence-electron chi connectivity index (χ1n) is 9.79. The SMILES string of the molecule is [B]C1CC(OC(C)C)C(COP(=O)([O-])OC2C(COC(C)C)OC([B])C2N=[N+]=[N-])O1. The maximum absolute atomic E-state index is 12.5. The maximum atomic E-state index is 12.5. The number of nitrogens with zero attached hydrogens (tertiary/aromatic N) is 3. The molecule has 166 valence electrons. The number of phosphoric acid groups is 1. The van der Waals surface area contributed by atoms with E-state index in [9.17, 15) is 9.46 Å². The zero-order chi connectivity index (χ0) is 22.5. The van der Waals surface area contributed by atoms with Crippen molar-refractivity contribution in [2.24, 2.45) is 5.11 Å². The van der Waals surface area contributed by atoms with Crippen LogP contribution in [0.1, 0.15) is 34.1 Å². The maximum Gasteiger partial charge on any atom is 0.268 e. The zero-order valence-electron chi connectivity index (χ0n) is 17.5. The van der Waals surface area contributed by atoms with Gasteiger partial charge in [-0.1, -0.05) is 5.11 Å². The molecule has 0 spiro atoms. The van der Waals surface area contributed by atoms with Crippen molar-refractivity contribution in [2.75, 3.05) is 13.2 Å². The van der Waals surface area contributed by atoms with Crippen LogP contribution < -0.4 is 4.89 Å². The summed E-state index contributed by atoms with van der Waals surface area (Å²) in [6, 6.07) is -2.70. The van der Waals surface area contributed by atoms with Crippen LogP contribution in [0, 0.1) is 0 Å². The second kappa shape index (κ2) is 11.3. The van der Waals surface area contributed by atoms with Gasteiger partial charge < -0.3 is 32.9 Å². The highest BCUT2D eigenvalue weighted by atomic mass is 31.2. The van der Waals surface area contributed by atoms with Gasteiger partial charge in [-0.25, -0.2) is 0 Å². The molecular weight excluding hydrogens is 415 g/mol. The van der Waals surface area contributed by atoms with Crippen LogP contribution in [0.2, 0.25) is 0 Å². The molecule has 11 nitrogen and oxygen atoms in total. The first-order valence-corrected chi connectivity index (χ1v) is 11.3. The van der Waals surface area contributed by atoms with Crippen molar-refractivity contribution in [3.63, 3.8) is 0 Å². The number of hydrogen-bond donors (Lipinski definition) is 0. The predicted octanol–water partition coefficient (Wildman–Crippen LogP) is 0.931. The summed E-state index contributed by atoms with van der Waals surface area (Å²) in [7, 11) is 6.75. The summed E-state index contributed by atoms with van der Waals surface area (Å²) in [6.45, 7) is 6.96. The number of hydrogen-bond acceptors (Lipinski definition) is 9. The Hall–Kier alpha value is -0.610. The van der Waals surface area contributed by atoms with Crippen molar-refractivity contribution in [2.45, 2.75) is 88.8 Å². The second-order valence-electron chi connectivity index (χ2n) is 7.70. The van der Waals surface area contributed by atoms with Crippen molar-refractivity contribution in [1.29, 1.82) is 0 Å². The van der Waals surface area contributed by atoms with Gasteiger partial charge in [-0.15, -0.1) is 0 Å². The smallest absolute Gasteiger partial charge is 0.268 e. The molecule has 8 atom stereocenters. The third kappa shape index (κ3) is 7.51. The monoisotopic (exact) mass is 442 g/mol. The van der Waals surface area contributed by atoms with Gasteiger partial charge in [-0.05, 0) is 39.6 Å². The summed E-state index contributed by atoms with van der Waals surface area (Å²) >= 11 is 0. The molecule has 0 saturated carbocycles. The van der Waals surface area contributed by atoms with Crippen LogP contribution in [-0.2, 0) is 32.6 Å². The number of azide groups is 1. The molecule has 30 heavy (non-hydrogen) atoms. The van der Waals surface area contributed by atoms with Crippen LogP contribution in [0.4, 0.5) is 0 Å². The fourth-order valence-electron chi connectivity index (χ4n) is 3.24. The van der Waals surface area contributed by atoms with E-state index in [0.717, 1.165) is 0 Å². The van der Waals surface area contributed by atoms with E-state index < -0.39 is 50.3 Å². The first kappa shape index (κ1) is 25.6. The summed E-state index contributed by atoms with van der Waals surface area (Å²) in [6.07, 6.45) is -2.97. The molecule has 2 heterocycles. The molecule has 2 rings (SSSR count). The van der Waals surface area contributed by atoms with E-state index in [1.165, 1.54) is 0 Å². The number of ether oxygens (including phenoxy) is 4. The molecule has 0 aromatic rings. The van der Waals surface area contributed by atoms with E-state index >= 15 is 0 Å². The lowest BCUT2D eigenvalue weighted by Crippen LogP contribution is -2.38. The van der Waals surface area contributed by atoms with Crippen molar-refractivity contribution < 1.29 is 37.5 Å². The van der Waals surface area contributed by atoms with Gasteiger partial charge in [0.1, 0.15) is 34.0 Å². The molecule has 2 aliphatic rings. The van der Waals surface area contributed by atoms with Gasteiger partial charge in [0.05, 0.1) is 37.6 Å². The van der Waals surface area contributed by atoms with Gasteiger partial charge in [0.2, 0.25) is 0 Å². The average molecular weight is 442 g/mol. The molecule has 0 aromatic carbocycles. The van der Waals surface area contributed by atoms with Gasteiger partial charge in [0.25, 0.3) is 7.82 Å². The number of rotatable bonds is 11. The van der Waals surface area contributed by atoms with Gasteiger partial charge in [-0.2, -0.15) is 0 Å². The van der Waals surface area contributed by atoms with Gasteiger partial charge in [0.15, 0.2) is 0 Å². The molecule has 14 heteroatoms. The summed E-state index contributed by atoms with van der Waals surface area (Å²) in [5, 5.41) is 3.51. The van der Waals surface area contributed by atoms with E-state index in [-0.39, 0.29) is 25.4 Å². The van der Waals surface area contributed by atoms with Crippen molar-refractivity contribution in [3.05, 3.63) is 10.4 Å². The Balaban J connectivity index is 2.02. The highest BCUT2D eigenvalue weighted by molar-refractivity contribution is 7.45. The average Bonchev–Trinajstić information content (AvgIpc) is 3.11. The van der Waals surface area contributed by atoms with Crippen LogP contribution in [0.5, 0.6) is 0 Å². The molecule has 0 aromatic heterocycles.